The largest absolute Gasteiger partial charge is 0.508 e. The molecule has 1 unspecified atom stereocenters. The molecule has 0 saturated carbocycles. The van der Waals surface area contributed by atoms with Crippen molar-refractivity contribution < 1.29 is 22.5 Å². The van der Waals surface area contributed by atoms with Crippen LogP contribution < -0.4 is 5.32 Å². The van der Waals surface area contributed by atoms with Crippen molar-refractivity contribution in [2.45, 2.75) is 44.6 Å². The number of halogens is 3. The molecule has 1 atom stereocenters. The van der Waals surface area contributed by atoms with Crippen molar-refractivity contribution in [3.63, 3.8) is 0 Å². The molecule has 2 aliphatic rings. The smallest absolute Gasteiger partial charge is 0.393 e. The molecule has 6 rings (SSSR count). The molecule has 0 radical (unpaired) electrons. The van der Waals surface area contributed by atoms with Gasteiger partial charge in [0.25, 0.3) is 0 Å². The Kier molecular flexibility index (Phi) is 9.19. The van der Waals surface area contributed by atoms with Crippen LogP contribution in [0.4, 0.5) is 19.0 Å². The number of rotatable bonds is 9. The van der Waals surface area contributed by atoms with E-state index < -0.39 is 22.3 Å². The van der Waals surface area contributed by atoms with E-state index in [9.17, 15) is 27.7 Å². The number of anilines is 1. The maximum Gasteiger partial charge on any atom is 0.393 e. The van der Waals surface area contributed by atoms with E-state index in [1.54, 1.807) is 12.3 Å². The summed E-state index contributed by atoms with van der Waals surface area (Å²) in [4.78, 5) is 13.8. The second-order valence-electron chi connectivity index (χ2n) is 12.2. The Morgan fingerprint density at radius 2 is 1.83 bits per heavy atom. The first-order chi connectivity index (χ1) is 21.9. The average molecular weight is 675 g/mol. The molecule has 2 aliphatic heterocycles. The van der Waals surface area contributed by atoms with Crippen molar-refractivity contribution in [2.75, 3.05) is 57.4 Å². The van der Waals surface area contributed by atoms with E-state index in [2.05, 4.69) is 37.0 Å². The number of hydrogen-bond acceptors (Lipinski definition) is 9. The van der Waals surface area contributed by atoms with E-state index in [0.717, 1.165) is 73.4 Å². The van der Waals surface area contributed by atoms with Gasteiger partial charge in [-0.1, -0.05) is 0 Å². The van der Waals surface area contributed by atoms with E-state index in [1.807, 2.05) is 21.0 Å². The number of benzene rings is 1. The zero-order valence-corrected chi connectivity index (χ0v) is 27.2. The Morgan fingerprint density at radius 1 is 1.09 bits per heavy atom. The summed E-state index contributed by atoms with van der Waals surface area (Å²) in [5.74, 6) is 4.53. The van der Waals surface area contributed by atoms with E-state index in [1.165, 1.54) is 12.4 Å². The van der Waals surface area contributed by atoms with Gasteiger partial charge >= 0.3 is 6.18 Å². The molecular weight excluding hydrogens is 638 g/mol. The SMILES string of the molecule is C=S(C)(=O)N1CCN(CCn2c(C#N)cc3cc(CN4CCC(Nc5ncnc6sc(CC(F)(F)F)cc56)CC4)c(O)cc32)CC1. The predicted octanol–water partition coefficient (Wildman–Crippen LogP) is 4.28. The van der Waals surface area contributed by atoms with Crippen LogP contribution in [0, 0.1) is 11.3 Å². The number of alkyl halides is 3. The highest BCUT2D eigenvalue weighted by Crippen LogP contribution is 2.34. The van der Waals surface area contributed by atoms with E-state index in [-0.39, 0.29) is 16.7 Å². The molecule has 0 amide bonds. The van der Waals surface area contributed by atoms with Crippen LogP contribution in [0.3, 0.4) is 0 Å². The van der Waals surface area contributed by atoms with Gasteiger partial charge in [-0.05, 0) is 36.9 Å². The van der Waals surface area contributed by atoms with Crippen LogP contribution in [0.2, 0.25) is 0 Å². The van der Waals surface area contributed by atoms with Crippen LogP contribution in [-0.4, -0.2) is 108 Å². The average Bonchev–Trinajstić information content (AvgIpc) is 3.56. The Morgan fingerprint density at radius 3 is 2.50 bits per heavy atom. The number of hydrogen-bond donors (Lipinski definition) is 2. The lowest BCUT2D eigenvalue weighted by Gasteiger charge is -2.35. The predicted molar refractivity (Wildman–Crippen MR) is 177 cm³/mol. The maximum atomic E-state index is 12.9. The Balaban J connectivity index is 1.07. The Hall–Kier alpha value is -3.42. The van der Waals surface area contributed by atoms with Gasteiger partial charge in [-0.3, -0.25) is 14.0 Å². The number of phenols is 1. The topological polar surface area (TPSA) is 114 Å². The molecule has 0 bridgehead atoms. The molecule has 5 heterocycles. The maximum absolute atomic E-state index is 12.9. The molecule has 3 aromatic heterocycles. The monoisotopic (exact) mass is 674 g/mol. The number of nitrogens with zero attached hydrogens (tertiary/aromatic N) is 7. The van der Waals surface area contributed by atoms with Crippen molar-refractivity contribution in [3.8, 4) is 11.8 Å². The van der Waals surface area contributed by atoms with Gasteiger partial charge in [0.05, 0.1) is 17.3 Å². The zero-order valence-electron chi connectivity index (χ0n) is 25.6. The molecule has 2 N–H and O–H groups in total. The molecule has 0 spiro atoms. The van der Waals surface area contributed by atoms with Crippen LogP contribution >= 0.6 is 11.3 Å². The third-order valence-electron chi connectivity index (χ3n) is 8.81. The highest BCUT2D eigenvalue weighted by atomic mass is 32.2. The fourth-order valence-corrected chi connectivity index (χ4v) is 8.32. The molecule has 2 fully saturated rings. The molecule has 15 heteroatoms. The van der Waals surface area contributed by atoms with Crippen LogP contribution in [0.15, 0.2) is 30.6 Å². The van der Waals surface area contributed by atoms with E-state index in [0.29, 0.717) is 47.9 Å². The highest BCUT2D eigenvalue weighted by Gasteiger charge is 2.29. The molecule has 0 aliphatic carbocycles. The summed E-state index contributed by atoms with van der Waals surface area (Å²) in [6, 6.07) is 9.52. The number of nitrogens with one attached hydrogen (secondary N) is 1. The summed E-state index contributed by atoms with van der Waals surface area (Å²) in [7, 11) is -2.20. The summed E-state index contributed by atoms with van der Waals surface area (Å²) in [5.41, 5.74) is 2.15. The minimum Gasteiger partial charge on any atom is -0.508 e. The minimum absolute atomic E-state index is 0.108. The number of likely N-dealkylation sites (tertiary alicyclic amines) is 1. The minimum atomic E-state index is -4.27. The normalized spacial score (nSPS) is 19.0. The summed E-state index contributed by atoms with van der Waals surface area (Å²) in [6.07, 6.45) is -0.590. The van der Waals surface area contributed by atoms with Gasteiger partial charge < -0.3 is 15.0 Å². The molecule has 2 saturated heterocycles. The van der Waals surface area contributed by atoms with Crippen molar-refractivity contribution in [2.24, 2.45) is 0 Å². The lowest BCUT2D eigenvalue weighted by Crippen LogP contribution is -2.48. The number of phenolic OH excluding ortho intramolecular Hbond substituents is 1. The van der Waals surface area contributed by atoms with E-state index in [4.69, 9.17) is 0 Å². The number of fused-ring (bicyclic) bond motifs is 2. The first kappa shape index (κ1) is 32.5. The van der Waals surface area contributed by atoms with Crippen molar-refractivity contribution in [1.82, 2.24) is 28.6 Å². The molecule has 1 aromatic carbocycles. The molecular formula is C31H37F3N8O2S2. The van der Waals surface area contributed by atoms with Gasteiger partial charge in [0.15, 0.2) is 0 Å². The number of aromatic nitrogens is 3. The van der Waals surface area contributed by atoms with Crippen molar-refractivity contribution in [1.29, 1.82) is 5.26 Å². The summed E-state index contributed by atoms with van der Waals surface area (Å²) in [6.45, 7) is 6.38. The highest BCUT2D eigenvalue weighted by molar-refractivity contribution is 7.97. The third kappa shape index (κ3) is 7.42. The zero-order chi connectivity index (χ0) is 32.6. The van der Waals surface area contributed by atoms with E-state index >= 15 is 0 Å². The second-order valence-corrected chi connectivity index (χ2v) is 15.8. The Labute approximate surface area is 270 Å². The molecule has 46 heavy (non-hydrogen) atoms. The third-order valence-corrected chi connectivity index (χ3v) is 11.3. The van der Waals surface area contributed by atoms with Gasteiger partial charge in [0, 0.05) is 103 Å². The number of piperazine rings is 1. The Bertz CT molecular complexity index is 1870. The van der Waals surface area contributed by atoms with Crippen LogP contribution in [0.5, 0.6) is 5.75 Å². The number of nitriles is 1. The quantitative estimate of drug-likeness (QED) is 0.253. The van der Waals surface area contributed by atoms with Gasteiger partial charge in [0.1, 0.15) is 34.5 Å². The molecule has 4 aromatic rings. The van der Waals surface area contributed by atoms with Gasteiger partial charge in [0.2, 0.25) is 0 Å². The fourth-order valence-electron chi connectivity index (χ4n) is 6.36. The van der Waals surface area contributed by atoms with Crippen molar-refractivity contribution >= 4 is 53.9 Å². The summed E-state index contributed by atoms with van der Waals surface area (Å²) < 4.78 is 54.9. The number of aromatic hydroxyl groups is 1. The summed E-state index contributed by atoms with van der Waals surface area (Å²) >= 11 is 1.04. The number of thiophene rings is 1. The first-order valence-electron chi connectivity index (χ1n) is 15.2. The lowest BCUT2D eigenvalue weighted by molar-refractivity contribution is -0.126. The standard InChI is InChI=1S/C31H37F3N8O2S2/c1-46(2,44)41-10-7-39(8-11-41)9-12-42-24(18-35)14-21-13-22(28(43)16-27(21)42)19-40-5-3-23(4-6-40)38-29-26-15-25(17-31(32,33)34)45-30(26)37-20-36-29/h13-16,20,23,43H,1,3-12,17,19H2,2H3,(H,36,37,38). The molecule has 10 nitrogen and oxygen atoms in total. The van der Waals surface area contributed by atoms with Gasteiger partial charge in [-0.2, -0.15) is 18.4 Å². The van der Waals surface area contributed by atoms with Crippen LogP contribution in [0.25, 0.3) is 21.1 Å². The van der Waals surface area contributed by atoms with Crippen LogP contribution in [-0.2, 0) is 29.2 Å². The van der Waals surface area contributed by atoms with Gasteiger partial charge in [-0.25, -0.2) is 14.3 Å². The first-order valence-corrected chi connectivity index (χ1v) is 18.1. The van der Waals surface area contributed by atoms with Gasteiger partial charge in [-0.15, -0.1) is 11.3 Å². The lowest BCUT2D eigenvalue weighted by atomic mass is 10.0. The van der Waals surface area contributed by atoms with Crippen LogP contribution in [0.1, 0.15) is 29.0 Å². The fraction of sp³-hybridized carbons (Fsp3) is 0.484. The second kappa shape index (κ2) is 13.0. The van der Waals surface area contributed by atoms with Crippen molar-refractivity contribution in [3.05, 3.63) is 46.7 Å². The number of piperidine rings is 1. The summed E-state index contributed by atoms with van der Waals surface area (Å²) in [5, 5.41) is 25.8. The molecule has 246 valence electrons.